The number of hydrogen-bond acceptors (Lipinski definition) is 3. The van der Waals surface area contributed by atoms with Crippen molar-refractivity contribution < 1.29 is 13.6 Å². The van der Waals surface area contributed by atoms with Crippen molar-refractivity contribution in [2.24, 2.45) is 0 Å². The van der Waals surface area contributed by atoms with Gasteiger partial charge in [0.05, 0.1) is 6.54 Å². The lowest BCUT2D eigenvalue weighted by atomic mass is 10.2. The van der Waals surface area contributed by atoms with Crippen LogP contribution in [0, 0.1) is 11.6 Å². The first-order valence-electron chi connectivity index (χ1n) is 6.04. The first-order valence-corrected chi connectivity index (χ1v) is 7.44. The molecule has 106 valence electrons. The molecule has 1 unspecified atom stereocenters. The van der Waals surface area contributed by atoms with Gasteiger partial charge in [-0.2, -0.15) is 11.8 Å². The van der Waals surface area contributed by atoms with Crippen molar-refractivity contribution in [3.8, 4) is 0 Å². The quantitative estimate of drug-likeness (QED) is 0.810. The molecular weight excluding hydrogens is 270 g/mol. The first kappa shape index (κ1) is 15.9. The molecule has 0 radical (unpaired) electrons. The molecule has 6 heteroatoms. The van der Waals surface area contributed by atoms with E-state index in [4.69, 9.17) is 0 Å². The van der Waals surface area contributed by atoms with Crippen LogP contribution in [0.15, 0.2) is 18.2 Å². The summed E-state index contributed by atoms with van der Waals surface area (Å²) in [5.74, 6) is -1.12. The van der Waals surface area contributed by atoms with Crippen LogP contribution in [0.4, 0.5) is 14.5 Å². The van der Waals surface area contributed by atoms with Gasteiger partial charge in [0, 0.05) is 11.8 Å². The van der Waals surface area contributed by atoms with E-state index in [0.29, 0.717) is 0 Å². The summed E-state index contributed by atoms with van der Waals surface area (Å²) < 4.78 is 26.6. The molecule has 0 aliphatic rings. The number of halogens is 2. The molecule has 0 spiro atoms. The minimum absolute atomic E-state index is 0.0346. The van der Waals surface area contributed by atoms with Crippen LogP contribution in [0.1, 0.15) is 13.3 Å². The van der Waals surface area contributed by atoms with Crippen LogP contribution in [0.3, 0.4) is 0 Å². The van der Waals surface area contributed by atoms with E-state index in [1.807, 2.05) is 13.2 Å². The van der Waals surface area contributed by atoms with Crippen LogP contribution in [0.5, 0.6) is 0 Å². The zero-order valence-electron chi connectivity index (χ0n) is 11.0. The molecule has 0 aromatic heterocycles. The number of rotatable bonds is 7. The molecule has 0 aliphatic heterocycles. The maximum absolute atomic E-state index is 13.3. The smallest absolute Gasteiger partial charge is 0.238 e. The average Bonchev–Trinajstić information content (AvgIpc) is 2.39. The number of benzene rings is 1. The molecule has 0 saturated heterocycles. The maximum atomic E-state index is 13.3. The zero-order valence-corrected chi connectivity index (χ0v) is 11.8. The Hall–Kier alpha value is -1.14. The third kappa shape index (κ3) is 5.16. The summed E-state index contributed by atoms with van der Waals surface area (Å²) in [5.41, 5.74) is -0.396. The predicted octanol–water partition coefficient (Wildman–Crippen LogP) is 2.63. The van der Waals surface area contributed by atoms with Gasteiger partial charge in [-0.3, -0.25) is 4.79 Å². The van der Waals surface area contributed by atoms with Gasteiger partial charge < -0.3 is 10.6 Å². The zero-order chi connectivity index (χ0) is 14.3. The molecule has 2 N–H and O–H groups in total. The van der Waals surface area contributed by atoms with Gasteiger partial charge in [-0.15, -0.1) is 0 Å². The topological polar surface area (TPSA) is 41.1 Å². The highest BCUT2D eigenvalue weighted by Crippen LogP contribution is 2.17. The van der Waals surface area contributed by atoms with Gasteiger partial charge in [0.2, 0.25) is 5.91 Å². The molecule has 19 heavy (non-hydrogen) atoms. The molecule has 0 aliphatic carbocycles. The van der Waals surface area contributed by atoms with E-state index < -0.39 is 23.2 Å². The average molecular weight is 288 g/mol. The number of nitrogens with one attached hydrogen (secondary N) is 2. The van der Waals surface area contributed by atoms with Gasteiger partial charge in [-0.05, 0) is 24.8 Å². The third-order valence-corrected chi connectivity index (χ3v) is 3.37. The van der Waals surface area contributed by atoms with Crippen molar-refractivity contribution in [2.45, 2.75) is 19.4 Å². The van der Waals surface area contributed by atoms with Crippen LogP contribution in [-0.2, 0) is 4.79 Å². The number of carbonyl (C=O) groups is 1. The molecular formula is C13H18F2N2OS. The first-order chi connectivity index (χ1) is 9.08. The third-order valence-electron chi connectivity index (χ3n) is 2.64. The fourth-order valence-corrected chi connectivity index (χ4v) is 2.32. The van der Waals surface area contributed by atoms with Gasteiger partial charge in [0.15, 0.2) is 0 Å². The summed E-state index contributed by atoms with van der Waals surface area (Å²) >= 11 is 1.68. The minimum Gasteiger partial charge on any atom is -0.320 e. The Balaban J connectivity index is 2.51. The Bertz CT molecular complexity index is 409. The van der Waals surface area contributed by atoms with Crippen LogP contribution in [0.25, 0.3) is 0 Å². The van der Waals surface area contributed by atoms with E-state index in [-0.39, 0.29) is 12.6 Å². The van der Waals surface area contributed by atoms with E-state index in [1.165, 1.54) is 6.07 Å². The van der Waals surface area contributed by atoms with E-state index in [0.717, 1.165) is 24.3 Å². The number of hydrogen-bond donors (Lipinski definition) is 2. The number of anilines is 1. The normalized spacial score (nSPS) is 12.2. The Labute approximate surface area is 116 Å². The highest BCUT2D eigenvalue weighted by atomic mass is 32.2. The summed E-state index contributed by atoms with van der Waals surface area (Å²) in [5, 5.41) is 5.29. The molecule has 1 aromatic rings. The van der Waals surface area contributed by atoms with Crippen LogP contribution in [0.2, 0.25) is 0 Å². The second-order valence-electron chi connectivity index (χ2n) is 4.09. The Morgan fingerprint density at radius 1 is 1.37 bits per heavy atom. The lowest BCUT2D eigenvalue weighted by molar-refractivity contribution is -0.115. The molecule has 0 heterocycles. The van der Waals surface area contributed by atoms with Crippen molar-refractivity contribution in [3.63, 3.8) is 0 Å². The van der Waals surface area contributed by atoms with Crippen molar-refractivity contribution in [3.05, 3.63) is 29.8 Å². The van der Waals surface area contributed by atoms with Crippen LogP contribution in [-0.4, -0.2) is 30.5 Å². The van der Waals surface area contributed by atoms with Crippen molar-refractivity contribution in [1.29, 1.82) is 0 Å². The van der Waals surface area contributed by atoms with Crippen LogP contribution >= 0.6 is 11.8 Å². The number of carbonyl (C=O) groups excluding carboxylic acids is 1. The van der Waals surface area contributed by atoms with Gasteiger partial charge in [-0.25, -0.2) is 8.78 Å². The largest absolute Gasteiger partial charge is 0.320 e. The Kier molecular flexibility index (Phi) is 6.80. The van der Waals surface area contributed by atoms with Gasteiger partial charge >= 0.3 is 0 Å². The monoisotopic (exact) mass is 288 g/mol. The highest BCUT2D eigenvalue weighted by Gasteiger charge is 2.13. The molecule has 1 amide bonds. The van der Waals surface area contributed by atoms with Gasteiger partial charge in [-0.1, -0.05) is 13.0 Å². The lowest BCUT2D eigenvalue weighted by Gasteiger charge is -2.15. The van der Waals surface area contributed by atoms with E-state index in [1.54, 1.807) is 11.8 Å². The lowest BCUT2D eigenvalue weighted by Crippen LogP contribution is -2.37. The summed E-state index contributed by atoms with van der Waals surface area (Å²) in [6, 6.07) is 3.68. The Morgan fingerprint density at radius 3 is 2.53 bits per heavy atom. The molecule has 0 fully saturated rings. The number of thioether (sulfide) groups is 1. The predicted molar refractivity (Wildman–Crippen MR) is 75.5 cm³/mol. The number of para-hydroxylation sites is 1. The van der Waals surface area contributed by atoms with Crippen molar-refractivity contribution >= 4 is 23.4 Å². The fourth-order valence-electron chi connectivity index (χ4n) is 1.56. The van der Waals surface area contributed by atoms with Gasteiger partial charge in [0.1, 0.15) is 17.3 Å². The second-order valence-corrected chi connectivity index (χ2v) is 5.00. The molecule has 1 rings (SSSR count). The highest BCUT2D eigenvalue weighted by molar-refractivity contribution is 7.98. The number of amides is 1. The van der Waals surface area contributed by atoms with E-state index in [2.05, 4.69) is 10.6 Å². The fraction of sp³-hybridized carbons (Fsp3) is 0.462. The van der Waals surface area contributed by atoms with Crippen molar-refractivity contribution in [1.82, 2.24) is 5.32 Å². The summed E-state index contributed by atoms with van der Waals surface area (Å²) in [6.07, 6.45) is 2.88. The van der Waals surface area contributed by atoms with E-state index >= 15 is 0 Å². The summed E-state index contributed by atoms with van der Waals surface area (Å²) in [6.45, 7) is 2.05. The molecule has 1 atom stereocenters. The van der Waals surface area contributed by atoms with E-state index in [9.17, 15) is 13.6 Å². The Morgan fingerprint density at radius 2 is 2.00 bits per heavy atom. The maximum Gasteiger partial charge on any atom is 0.238 e. The minimum atomic E-state index is -0.774. The standard InChI is InChI=1S/C13H18F2N2OS/c1-3-9(8-19-2)16-7-12(18)17-13-10(14)5-4-6-11(13)15/h4-6,9,16H,3,7-8H2,1-2H3,(H,17,18). The molecule has 0 saturated carbocycles. The van der Waals surface area contributed by atoms with Crippen molar-refractivity contribution in [2.75, 3.05) is 23.9 Å². The second kappa shape index (κ2) is 8.12. The molecule has 1 aromatic carbocycles. The SMILES string of the molecule is CCC(CSC)NCC(=O)Nc1c(F)cccc1F. The summed E-state index contributed by atoms with van der Waals surface area (Å²) in [7, 11) is 0. The van der Waals surface area contributed by atoms with Crippen LogP contribution < -0.4 is 10.6 Å². The molecule has 0 bridgehead atoms. The summed E-state index contributed by atoms with van der Waals surface area (Å²) in [4.78, 5) is 11.6. The molecule has 3 nitrogen and oxygen atoms in total. The van der Waals surface area contributed by atoms with Gasteiger partial charge in [0.25, 0.3) is 0 Å².